The Morgan fingerprint density at radius 1 is 1.12 bits per heavy atom. The molecule has 1 aromatic carbocycles. The molecule has 0 aliphatic carbocycles. The number of nitrogens with one attached hydrogen (secondary N) is 2. The molecule has 8 nitrogen and oxygen atoms in total. The zero-order valence-electron chi connectivity index (χ0n) is 18.5. The highest BCUT2D eigenvalue weighted by molar-refractivity contribution is 6.31. The van der Waals surface area contributed by atoms with E-state index in [0.717, 1.165) is 19.3 Å². The maximum Gasteiger partial charge on any atom is 0.340 e. The van der Waals surface area contributed by atoms with Gasteiger partial charge in [0.1, 0.15) is 12.3 Å². The molecule has 0 spiro atoms. The van der Waals surface area contributed by atoms with Gasteiger partial charge in [-0.3, -0.25) is 9.59 Å². The standard InChI is InChI=1S/C23H28ClN3O5/c1-14-19(23(30)32-12-11-31-3)15(2)25-20(14)21(28)26-18-13-16(24)7-8-17(18)22(29)27-9-5-4-6-10-27/h7-8,13,25H,4-6,9-12H2,1-3H3,(H,26,28). The highest BCUT2D eigenvalue weighted by Crippen LogP contribution is 2.26. The Morgan fingerprint density at radius 3 is 2.53 bits per heavy atom. The average Bonchev–Trinajstić information content (AvgIpc) is 3.08. The number of esters is 1. The fourth-order valence-electron chi connectivity index (χ4n) is 3.83. The normalized spacial score (nSPS) is 13.7. The Kier molecular flexibility index (Phi) is 7.93. The van der Waals surface area contributed by atoms with Crippen molar-refractivity contribution in [3.05, 3.63) is 51.3 Å². The molecule has 0 atom stereocenters. The van der Waals surface area contributed by atoms with Gasteiger partial charge in [0.2, 0.25) is 0 Å². The number of aromatic nitrogens is 1. The molecule has 1 aliphatic heterocycles. The molecule has 172 valence electrons. The highest BCUT2D eigenvalue weighted by Gasteiger charge is 2.25. The van der Waals surface area contributed by atoms with Gasteiger partial charge in [-0.1, -0.05) is 11.6 Å². The van der Waals surface area contributed by atoms with E-state index >= 15 is 0 Å². The van der Waals surface area contributed by atoms with Crippen LogP contribution < -0.4 is 5.32 Å². The number of aromatic amines is 1. The van der Waals surface area contributed by atoms with Crippen molar-refractivity contribution in [3.63, 3.8) is 0 Å². The number of carbonyl (C=O) groups is 3. The van der Waals surface area contributed by atoms with Gasteiger partial charge in [-0.15, -0.1) is 0 Å². The minimum absolute atomic E-state index is 0.116. The molecule has 1 aliphatic rings. The number of aryl methyl sites for hydroxylation is 1. The Morgan fingerprint density at radius 2 is 1.84 bits per heavy atom. The Hall–Kier alpha value is -2.84. The zero-order valence-corrected chi connectivity index (χ0v) is 19.3. The van der Waals surface area contributed by atoms with E-state index in [2.05, 4.69) is 10.3 Å². The number of anilines is 1. The van der Waals surface area contributed by atoms with Crippen LogP contribution in [0.5, 0.6) is 0 Å². The number of hydrogen-bond donors (Lipinski definition) is 2. The van der Waals surface area contributed by atoms with E-state index in [4.69, 9.17) is 21.1 Å². The number of piperidine rings is 1. The molecule has 32 heavy (non-hydrogen) atoms. The summed E-state index contributed by atoms with van der Waals surface area (Å²) in [6.45, 7) is 5.15. The molecular formula is C23H28ClN3O5. The van der Waals surface area contributed by atoms with Gasteiger partial charge < -0.3 is 24.7 Å². The van der Waals surface area contributed by atoms with Crippen LogP contribution in [0.15, 0.2) is 18.2 Å². The number of ether oxygens (including phenoxy) is 2. The molecule has 2 heterocycles. The zero-order chi connectivity index (χ0) is 23.3. The molecule has 0 saturated carbocycles. The largest absolute Gasteiger partial charge is 0.460 e. The van der Waals surface area contributed by atoms with Gasteiger partial charge in [-0.05, 0) is 56.9 Å². The fraction of sp³-hybridized carbons (Fsp3) is 0.435. The summed E-state index contributed by atoms with van der Waals surface area (Å²) in [5.74, 6) is -1.15. The molecule has 1 fully saturated rings. The van der Waals surface area contributed by atoms with E-state index in [-0.39, 0.29) is 24.8 Å². The van der Waals surface area contributed by atoms with Gasteiger partial charge in [0, 0.05) is 30.9 Å². The van der Waals surface area contributed by atoms with Crippen LogP contribution in [0, 0.1) is 13.8 Å². The Labute approximate surface area is 192 Å². The topological polar surface area (TPSA) is 101 Å². The third-order valence-corrected chi connectivity index (χ3v) is 5.73. The van der Waals surface area contributed by atoms with Gasteiger partial charge in [0.15, 0.2) is 0 Å². The fourth-order valence-corrected chi connectivity index (χ4v) is 4.00. The summed E-state index contributed by atoms with van der Waals surface area (Å²) in [5, 5.41) is 3.19. The number of nitrogens with zero attached hydrogens (tertiary/aromatic N) is 1. The SMILES string of the molecule is COCCOC(=O)c1c(C)[nH]c(C(=O)Nc2cc(Cl)ccc2C(=O)N2CCCCC2)c1C. The van der Waals surface area contributed by atoms with Gasteiger partial charge in [-0.2, -0.15) is 0 Å². The molecule has 1 aromatic heterocycles. The van der Waals surface area contributed by atoms with Crippen molar-refractivity contribution < 1.29 is 23.9 Å². The van der Waals surface area contributed by atoms with Gasteiger partial charge >= 0.3 is 5.97 Å². The number of hydrogen-bond acceptors (Lipinski definition) is 5. The van der Waals surface area contributed by atoms with Crippen molar-refractivity contribution in [2.24, 2.45) is 0 Å². The molecule has 2 aromatic rings. The number of halogens is 1. The highest BCUT2D eigenvalue weighted by atomic mass is 35.5. The van der Waals surface area contributed by atoms with Crippen molar-refractivity contribution in [2.75, 3.05) is 38.7 Å². The number of methoxy groups -OCH3 is 1. The van der Waals surface area contributed by atoms with Crippen LogP contribution in [-0.2, 0) is 9.47 Å². The third kappa shape index (κ3) is 5.31. The summed E-state index contributed by atoms with van der Waals surface area (Å²) in [5.41, 5.74) is 2.22. The summed E-state index contributed by atoms with van der Waals surface area (Å²) in [6.07, 6.45) is 3.03. The summed E-state index contributed by atoms with van der Waals surface area (Å²) in [4.78, 5) is 43.3. The van der Waals surface area contributed by atoms with Gasteiger partial charge in [0.25, 0.3) is 11.8 Å². The van der Waals surface area contributed by atoms with Crippen LogP contribution in [0.2, 0.25) is 5.02 Å². The van der Waals surface area contributed by atoms with Gasteiger partial charge in [0.05, 0.1) is 23.4 Å². The molecule has 0 bridgehead atoms. The number of amides is 2. The summed E-state index contributed by atoms with van der Waals surface area (Å²) in [7, 11) is 1.52. The van der Waals surface area contributed by atoms with Crippen molar-refractivity contribution in [1.29, 1.82) is 0 Å². The summed E-state index contributed by atoms with van der Waals surface area (Å²) >= 11 is 6.14. The van der Waals surface area contributed by atoms with Crippen LogP contribution in [0.3, 0.4) is 0 Å². The number of H-pyrrole nitrogens is 1. The van der Waals surface area contributed by atoms with E-state index in [1.807, 2.05) is 0 Å². The molecule has 2 N–H and O–H groups in total. The minimum Gasteiger partial charge on any atom is -0.460 e. The molecule has 3 rings (SSSR count). The molecule has 2 amide bonds. The lowest BCUT2D eigenvalue weighted by Crippen LogP contribution is -2.36. The van der Waals surface area contributed by atoms with E-state index in [1.54, 1.807) is 36.9 Å². The maximum atomic E-state index is 13.1. The van der Waals surface area contributed by atoms with Crippen LogP contribution in [-0.4, -0.2) is 61.1 Å². The lowest BCUT2D eigenvalue weighted by molar-refractivity contribution is 0.0386. The predicted octanol–water partition coefficient (Wildman–Crippen LogP) is 3.97. The number of carbonyl (C=O) groups excluding carboxylic acids is 3. The second kappa shape index (κ2) is 10.7. The van der Waals surface area contributed by atoms with Crippen molar-refractivity contribution in [3.8, 4) is 0 Å². The number of rotatable bonds is 7. The maximum absolute atomic E-state index is 13.1. The molecule has 1 saturated heterocycles. The first kappa shape index (κ1) is 23.8. The number of benzene rings is 1. The summed E-state index contributed by atoms with van der Waals surface area (Å²) in [6, 6.07) is 4.81. The number of likely N-dealkylation sites (tertiary alicyclic amines) is 1. The van der Waals surface area contributed by atoms with E-state index in [9.17, 15) is 14.4 Å². The monoisotopic (exact) mass is 461 g/mol. The van der Waals surface area contributed by atoms with Gasteiger partial charge in [-0.25, -0.2) is 4.79 Å². The lowest BCUT2D eigenvalue weighted by Gasteiger charge is -2.27. The van der Waals surface area contributed by atoms with Crippen LogP contribution >= 0.6 is 11.6 Å². The van der Waals surface area contributed by atoms with E-state index < -0.39 is 11.9 Å². The quantitative estimate of drug-likeness (QED) is 0.480. The first-order valence-electron chi connectivity index (χ1n) is 10.6. The molecule has 0 unspecified atom stereocenters. The average molecular weight is 462 g/mol. The molecular weight excluding hydrogens is 434 g/mol. The molecule has 0 radical (unpaired) electrons. The summed E-state index contributed by atoms with van der Waals surface area (Å²) < 4.78 is 10.1. The van der Waals surface area contributed by atoms with Crippen LogP contribution in [0.4, 0.5) is 5.69 Å². The van der Waals surface area contributed by atoms with E-state index in [1.165, 1.54) is 7.11 Å². The van der Waals surface area contributed by atoms with Crippen LogP contribution in [0.25, 0.3) is 0 Å². The third-order valence-electron chi connectivity index (χ3n) is 5.49. The van der Waals surface area contributed by atoms with Crippen molar-refractivity contribution >= 4 is 35.1 Å². The van der Waals surface area contributed by atoms with Crippen molar-refractivity contribution in [1.82, 2.24) is 9.88 Å². The first-order chi connectivity index (χ1) is 15.3. The lowest BCUT2D eigenvalue weighted by atomic mass is 10.1. The minimum atomic E-state index is -0.531. The molecule has 9 heteroatoms. The van der Waals surface area contributed by atoms with Crippen molar-refractivity contribution in [2.45, 2.75) is 33.1 Å². The predicted molar refractivity (Wildman–Crippen MR) is 122 cm³/mol. The Balaban J connectivity index is 1.83. The Bertz CT molecular complexity index is 1010. The smallest absolute Gasteiger partial charge is 0.340 e. The van der Waals surface area contributed by atoms with Crippen LogP contribution in [0.1, 0.15) is 61.7 Å². The van der Waals surface area contributed by atoms with E-state index in [0.29, 0.717) is 46.2 Å². The first-order valence-corrected chi connectivity index (χ1v) is 11.0. The second-order valence-corrected chi connectivity index (χ2v) is 8.19. The second-order valence-electron chi connectivity index (χ2n) is 7.75.